The molecule has 0 aromatic heterocycles. The van der Waals surface area contributed by atoms with Crippen molar-refractivity contribution >= 4 is 6.08 Å². The molecule has 1 unspecified atom stereocenters. The topological polar surface area (TPSA) is 15.3 Å². The van der Waals surface area contributed by atoms with Crippen molar-refractivity contribution in [2.45, 2.75) is 38.8 Å². The number of piperidine rings is 1. The zero-order chi connectivity index (χ0) is 15.4. The summed E-state index contributed by atoms with van der Waals surface area (Å²) >= 11 is 0. The molecule has 0 amide bonds. The fraction of sp³-hybridized carbons (Fsp3) is 0.368. The third-order valence-corrected chi connectivity index (χ3v) is 4.31. The van der Waals surface area contributed by atoms with Crippen LogP contribution in [0.25, 0.3) is 6.08 Å². The van der Waals surface area contributed by atoms with Gasteiger partial charge in [0.2, 0.25) is 0 Å². The first-order valence-electron chi connectivity index (χ1n) is 7.63. The molecule has 1 atom stereocenters. The Bertz CT molecular complexity index is 557. The Morgan fingerprint density at radius 2 is 2.14 bits per heavy atom. The molecule has 0 radical (unpaired) electrons. The number of likely N-dealkylation sites (N-methyl/N-ethyl adjacent to an activating group) is 1. The fourth-order valence-electron chi connectivity index (χ4n) is 3.07. The minimum Gasteiger partial charge on any atom is -0.362 e. The van der Waals surface area contributed by atoms with Gasteiger partial charge in [-0.1, -0.05) is 50.9 Å². The number of benzene rings is 1. The summed E-state index contributed by atoms with van der Waals surface area (Å²) in [4.78, 5) is 2.38. The van der Waals surface area contributed by atoms with Gasteiger partial charge < -0.3 is 5.32 Å². The predicted octanol–water partition coefficient (Wildman–Crippen LogP) is 4.10. The zero-order valence-corrected chi connectivity index (χ0v) is 13.3. The summed E-state index contributed by atoms with van der Waals surface area (Å²) in [6, 6.07) is 6.83. The summed E-state index contributed by atoms with van der Waals surface area (Å²) < 4.78 is 0. The SMILES string of the molecule is C=Cc1cccc(CC)c1CN(C)C1CCC(=C)NC1=C. The Balaban J connectivity index is 2.19. The molecule has 0 bridgehead atoms. The van der Waals surface area contributed by atoms with Gasteiger partial charge in [0, 0.05) is 24.0 Å². The van der Waals surface area contributed by atoms with Gasteiger partial charge >= 0.3 is 0 Å². The minimum atomic E-state index is 0.359. The number of hydrogen-bond donors (Lipinski definition) is 1. The van der Waals surface area contributed by atoms with E-state index in [-0.39, 0.29) is 0 Å². The van der Waals surface area contributed by atoms with E-state index < -0.39 is 0 Å². The van der Waals surface area contributed by atoms with Gasteiger partial charge in [0.1, 0.15) is 0 Å². The smallest absolute Gasteiger partial charge is 0.0496 e. The number of allylic oxidation sites excluding steroid dienone is 1. The zero-order valence-electron chi connectivity index (χ0n) is 13.3. The number of rotatable bonds is 5. The largest absolute Gasteiger partial charge is 0.362 e. The molecule has 1 fully saturated rings. The van der Waals surface area contributed by atoms with E-state index in [4.69, 9.17) is 0 Å². The second-order valence-corrected chi connectivity index (χ2v) is 5.77. The van der Waals surface area contributed by atoms with Crippen LogP contribution in [0.2, 0.25) is 0 Å². The van der Waals surface area contributed by atoms with Crippen molar-refractivity contribution in [3.8, 4) is 0 Å². The van der Waals surface area contributed by atoms with Gasteiger partial charge in [0.25, 0.3) is 0 Å². The highest BCUT2D eigenvalue weighted by atomic mass is 15.2. The molecule has 2 heteroatoms. The molecule has 1 aromatic rings. The Kier molecular flexibility index (Phi) is 5.03. The van der Waals surface area contributed by atoms with E-state index in [0.717, 1.165) is 37.2 Å². The fourth-order valence-corrected chi connectivity index (χ4v) is 3.07. The van der Waals surface area contributed by atoms with Gasteiger partial charge in [-0.25, -0.2) is 0 Å². The van der Waals surface area contributed by atoms with E-state index in [9.17, 15) is 0 Å². The molecule has 1 aliphatic heterocycles. The van der Waals surface area contributed by atoms with Gasteiger partial charge in [-0.15, -0.1) is 0 Å². The number of aryl methyl sites for hydroxylation is 1. The molecule has 1 aliphatic rings. The van der Waals surface area contributed by atoms with E-state index in [1.54, 1.807) is 0 Å². The van der Waals surface area contributed by atoms with Crippen molar-refractivity contribution in [3.05, 3.63) is 66.0 Å². The maximum Gasteiger partial charge on any atom is 0.0496 e. The second kappa shape index (κ2) is 6.77. The van der Waals surface area contributed by atoms with Crippen molar-refractivity contribution in [2.75, 3.05) is 7.05 Å². The summed E-state index contributed by atoms with van der Waals surface area (Å²) in [5, 5.41) is 3.30. The number of nitrogens with zero attached hydrogens (tertiary/aromatic N) is 1. The molecule has 1 aromatic carbocycles. The summed E-state index contributed by atoms with van der Waals surface area (Å²) in [5.74, 6) is 0. The molecule has 2 nitrogen and oxygen atoms in total. The lowest BCUT2D eigenvalue weighted by Crippen LogP contribution is -2.40. The molecular formula is C19H26N2. The van der Waals surface area contributed by atoms with E-state index in [1.807, 2.05) is 6.08 Å². The standard InChI is InChI=1S/C19H26N2/c1-6-16-9-8-10-17(7-2)18(16)13-21(5)19-12-11-14(3)20-15(19)4/h6,8-10,19-20H,1,3-4,7,11-13H2,2,5H3. The molecule has 0 spiro atoms. The van der Waals surface area contributed by atoms with Crippen molar-refractivity contribution in [2.24, 2.45) is 0 Å². The second-order valence-electron chi connectivity index (χ2n) is 5.77. The van der Waals surface area contributed by atoms with Crippen LogP contribution in [-0.4, -0.2) is 18.0 Å². The lowest BCUT2D eigenvalue weighted by atomic mass is 9.96. The highest BCUT2D eigenvalue weighted by molar-refractivity contribution is 5.54. The molecule has 1 heterocycles. The number of hydrogen-bond acceptors (Lipinski definition) is 2. The first kappa shape index (κ1) is 15.6. The summed E-state index contributed by atoms with van der Waals surface area (Å²) in [7, 11) is 2.17. The Labute approximate surface area is 128 Å². The summed E-state index contributed by atoms with van der Waals surface area (Å²) in [6.07, 6.45) is 5.10. The summed E-state index contributed by atoms with van der Waals surface area (Å²) in [6.45, 7) is 15.2. The quantitative estimate of drug-likeness (QED) is 0.874. The average molecular weight is 282 g/mol. The normalized spacial score (nSPS) is 18.7. The third kappa shape index (κ3) is 3.45. The van der Waals surface area contributed by atoms with E-state index in [2.05, 4.69) is 62.1 Å². The van der Waals surface area contributed by atoms with Crippen molar-refractivity contribution in [3.63, 3.8) is 0 Å². The van der Waals surface area contributed by atoms with Gasteiger partial charge in [-0.2, -0.15) is 0 Å². The maximum atomic E-state index is 4.16. The average Bonchev–Trinajstić information content (AvgIpc) is 2.47. The molecule has 0 aliphatic carbocycles. The van der Waals surface area contributed by atoms with E-state index in [0.29, 0.717) is 6.04 Å². The van der Waals surface area contributed by atoms with Crippen LogP contribution < -0.4 is 5.32 Å². The van der Waals surface area contributed by atoms with Crippen LogP contribution in [0.1, 0.15) is 36.5 Å². The van der Waals surface area contributed by atoms with E-state index >= 15 is 0 Å². The van der Waals surface area contributed by atoms with Crippen LogP contribution in [0.4, 0.5) is 0 Å². The lowest BCUT2D eigenvalue weighted by molar-refractivity contribution is 0.235. The Morgan fingerprint density at radius 3 is 2.76 bits per heavy atom. The van der Waals surface area contributed by atoms with Gasteiger partial charge in [0.15, 0.2) is 0 Å². The first-order valence-corrected chi connectivity index (χ1v) is 7.63. The predicted molar refractivity (Wildman–Crippen MR) is 91.8 cm³/mol. The molecule has 2 rings (SSSR count). The van der Waals surface area contributed by atoms with Gasteiger partial charge in [0.05, 0.1) is 0 Å². The van der Waals surface area contributed by atoms with Gasteiger partial charge in [-0.3, -0.25) is 4.90 Å². The van der Waals surface area contributed by atoms with Crippen molar-refractivity contribution in [1.29, 1.82) is 0 Å². The molecule has 21 heavy (non-hydrogen) atoms. The Hall–Kier alpha value is -1.80. The van der Waals surface area contributed by atoms with Crippen LogP contribution in [0.3, 0.4) is 0 Å². The molecule has 1 N–H and O–H groups in total. The minimum absolute atomic E-state index is 0.359. The van der Waals surface area contributed by atoms with Crippen LogP contribution in [0.5, 0.6) is 0 Å². The molecular weight excluding hydrogens is 256 g/mol. The van der Waals surface area contributed by atoms with Crippen molar-refractivity contribution < 1.29 is 0 Å². The molecule has 0 saturated carbocycles. The maximum absolute atomic E-state index is 4.16. The van der Waals surface area contributed by atoms with Crippen LogP contribution in [0, 0.1) is 0 Å². The van der Waals surface area contributed by atoms with Crippen LogP contribution >= 0.6 is 0 Å². The monoisotopic (exact) mass is 282 g/mol. The van der Waals surface area contributed by atoms with Crippen molar-refractivity contribution in [1.82, 2.24) is 10.2 Å². The first-order chi connectivity index (χ1) is 10.1. The molecule has 1 saturated heterocycles. The van der Waals surface area contributed by atoms with Gasteiger partial charge in [-0.05, 0) is 43.0 Å². The highest BCUT2D eigenvalue weighted by Crippen LogP contribution is 2.25. The Morgan fingerprint density at radius 1 is 1.38 bits per heavy atom. The van der Waals surface area contributed by atoms with Crippen LogP contribution in [0.15, 0.2) is 49.3 Å². The summed E-state index contributed by atoms with van der Waals surface area (Å²) in [5.41, 5.74) is 6.15. The molecule has 112 valence electrons. The number of nitrogens with one attached hydrogen (secondary N) is 1. The van der Waals surface area contributed by atoms with Crippen LogP contribution in [-0.2, 0) is 13.0 Å². The highest BCUT2D eigenvalue weighted by Gasteiger charge is 2.23. The third-order valence-electron chi connectivity index (χ3n) is 4.31. The van der Waals surface area contributed by atoms with E-state index in [1.165, 1.54) is 16.7 Å². The lowest BCUT2D eigenvalue weighted by Gasteiger charge is -2.35.